The van der Waals surface area contributed by atoms with Crippen LogP contribution in [-0.4, -0.2) is 35.4 Å². The zero-order valence-corrected chi connectivity index (χ0v) is 21.5. The van der Waals surface area contributed by atoms with Crippen molar-refractivity contribution in [1.82, 2.24) is 10.2 Å². The first-order valence-electron chi connectivity index (χ1n) is 12.3. The molecule has 0 bridgehead atoms. The number of carbonyl (C=O) groups is 2. The van der Waals surface area contributed by atoms with Gasteiger partial charge in [-0.3, -0.25) is 9.59 Å². The van der Waals surface area contributed by atoms with E-state index in [0.29, 0.717) is 17.2 Å². The molecule has 0 heterocycles. The molecule has 1 saturated carbocycles. The molecule has 1 aliphatic carbocycles. The minimum atomic E-state index is -0.592. The molecule has 5 nitrogen and oxygen atoms in total. The van der Waals surface area contributed by atoms with Crippen LogP contribution in [0.2, 0.25) is 5.02 Å². The molecule has 0 unspecified atom stereocenters. The van der Waals surface area contributed by atoms with Crippen LogP contribution in [0, 0.1) is 0 Å². The van der Waals surface area contributed by atoms with Crippen molar-refractivity contribution in [3.05, 3.63) is 64.7 Å². The van der Waals surface area contributed by atoms with Gasteiger partial charge in [-0.25, -0.2) is 0 Å². The van der Waals surface area contributed by atoms with Crippen LogP contribution in [0.5, 0.6) is 5.75 Å². The average molecular weight is 485 g/mol. The van der Waals surface area contributed by atoms with Crippen LogP contribution in [0.15, 0.2) is 48.5 Å². The van der Waals surface area contributed by atoms with Crippen molar-refractivity contribution in [2.45, 2.75) is 83.8 Å². The van der Waals surface area contributed by atoms with E-state index in [-0.39, 0.29) is 36.4 Å². The van der Waals surface area contributed by atoms with E-state index in [1.165, 1.54) is 0 Å². The number of nitrogens with one attached hydrogen (secondary N) is 1. The lowest BCUT2D eigenvalue weighted by atomic mass is 9.86. The van der Waals surface area contributed by atoms with Gasteiger partial charge in [0.2, 0.25) is 5.91 Å². The zero-order valence-electron chi connectivity index (χ0n) is 20.8. The summed E-state index contributed by atoms with van der Waals surface area (Å²) in [5.41, 5.74) is 1.72. The SMILES string of the molecule is CC[C@H](C(=O)NC1CCCC1)N(Cc1ccccc1Cl)C(=O)COc1ccccc1C(C)(C)C. The maximum Gasteiger partial charge on any atom is 0.261 e. The van der Waals surface area contributed by atoms with Gasteiger partial charge in [-0.15, -0.1) is 0 Å². The number of halogens is 1. The van der Waals surface area contributed by atoms with Gasteiger partial charge in [-0.2, -0.15) is 0 Å². The highest BCUT2D eigenvalue weighted by atomic mass is 35.5. The summed E-state index contributed by atoms with van der Waals surface area (Å²) in [6, 6.07) is 14.8. The van der Waals surface area contributed by atoms with E-state index in [1.54, 1.807) is 11.0 Å². The number of hydrogen-bond acceptors (Lipinski definition) is 3. The van der Waals surface area contributed by atoms with Crippen molar-refractivity contribution < 1.29 is 14.3 Å². The van der Waals surface area contributed by atoms with Gasteiger partial charge in [-0.1, -0.05) is 88.5 Å². The standard InChI is InChI=1S/C28H37ClN2O3/c1-5-24(27(33)30-21-13-7-8-14-21)31(18-20-12-6-10-16-23(20)29)26(32)19-34-25-17-11-9-15-22(25)28(2,3)4/h6,9-12,15-17,21,24H,5,7-8,13-14,18-19H2,1-4H3,(H,30,33)/t24-/m1/s1. The summed E-state index contributed by atoms with van der Waals surface area (Å²) >= 11 is 6.41. The number of ether oxygens (including phenoxy) is 1. The van der Waals surface area contributed by atoms with Gasteiger partial charge in [0.15, 0.2) is 6.61 Å². The molecule has 1 atom stereocenters. The maximum atomic E-state index is 13.5. The molecule has 1 fully saturated rings. The Labute approximate surface area is 208 Å². The van der Waals surface area contributed by atoms with Gasteiger partial charge < -0.3 is 15.0 Å². The van der Waals surface area contributed by atoms with Crippen LogP contribution >= 0.6 is 11.6 Å². The maximum absolute atomic E-state index is 13.5. The monoisotopic (exact) mass is 484 g/mol. The third-order valence-corrected chi connectivity index (χ3v) is 6.80. The van der Waals surface area contributed by atoms with E-state index in [1.807, 2.05) is 49.4 Å². The summed E-state index contributed by atoms with van der Waals surface area (Å²) in [6.45, 7) is 8.37. The van der Waals surface area contributed by atoms with Crippen LogP contribution in [0.1, 0.15) is 70.9 Å². The highest BCUT2D eigenvalue weighted by Crippen LogP contribution is 2.31. The fourth-order valence-electron chi connectivity index (χ4n) is 4.53. The summed E-state index contributed by atoms with van der Waals surface area (Å²) in [6.07, 6.45) is 4.75. The molecule has 2 amide bonds. The fourth-order valence-corrected chi connectivity index (χ4v) is 4.73. The van der Waals surface area contributed by atoms with Crippen LogP contribution in [0.25, 0.3) is 0 Å². The Hall–Kier alpha value is -2.53. The Kier molecular flexibility index (Phi) is 9.01. The molecule has 1 N–H and O–H groups in total. The van der Waals surface area contributed by atoms with E-state index in [4.69, 9.17) is 16.3 Å². The molecule has 0 aromatic heterocycles. The predicted molar refractivity (Wildman–Crippen MR) is 137 cm³/mol. The van der Waals surface area contributed by atoms with E-state index in [2.05, 4.69) is 26.1 Å². The number of benzene rings is 2. The van der Waals surface area contributed by atoms with Crippen molar-refractivity contribution >= 4 is 23.4 Å². The number of para-hydroxylation sites is 1. The second-order valence-electron chi connectivity index (χ2n) is 10.1. The Balaban J connectivity index is 1.81. The number of nitrogens with zero attached hydrogens (tertiary/aromatic N) is 1. The molecule has 0 radical (unpaired) electrons. The molecule has 0 aliphatic heterocycles. The van der Waals surface area contributed by atoms with Crippen LogP contribution in [0.3, 0.4) is 0 Å². The molecule has 0 saturated heterocycles. The van der Waals surface area contributed by atoms with Gasteiger partial charge in [-0.05, 0) is 47.9 Å². The highest BCUT2D eigenvalue weighted by molar-refractivity contribution is 6.31. The molecular weight excluding hydrogens is 448 g/mol. The lowest BCUT2D eigenvalue weighted by Crippen LogP contribution is -2.52. The largest absolute Gasteiger partial charge is 0.483 e. The Bertz CT molecular complexity index is 980. The topological polar surface area (TPSA) is 58.6 Å². The third kappa shape index (κ3) is 6.75. The lowest BCUT2D eigenvalue weighted by molar-refractivity contribution is -0.143. The number of carbonyl (C=O) groups excluding carboxylic acids is 2. The second kappa shape index (κ2) is 11.7. The van der Waals surface area contributed by atoms with Crippen molar-refractivity contribution in [2.75, 3.05) is 6.61 Å². The van der Waals surface area contributed by atoms with E-state index >= 15 is 0 Å². The molecule has 0 spiro atoms. The van der Waals surface area contributed by atoms with Gasteiger partial charge in [0.25, 0.3) is 5.91 Å². The van der Waals surface area contributed by atoms with Gasteiger partial charge in [0, 0.05) is 17.6 Å². The fraction of sp³-hybridized carbons (Fsp3) is 0.500. The number of rotatable bonds is 9. The minimum absolute atomic E-state index is 0.107. The van der Waals surface area contributed by atoms with Gasteiger partial charge in [0.05, 0.1) is 0 Å². The summed E-state index contributed by atoms with van der Waals surface area (Å²) < 4.78 is 6.03. The van der Waals surface area contributed by atoms with E-state index in [9.17, 15) is 9.59 Å². The first-order valence-corrected chi connectivity index (χ1v) is 12.6. The lowest BCUT2D eigenvalue weighted by Gasteiger charge is -2.32. The van der Waals surface area contributed by atoms with Crippen molar-refractivity contribution in [2.24, 2.45) is 0 Å². The number of amides is 2. The van der Waals surface area contributed by atoms with Crippen molar-refractivity contribution in [3.8, 4) is 5.75 Å². The first-order chi connectivity index (χ1) is 16.2. The molecule has 2 aromatic rings. The van der Waals surface area contributed by atoms with E-state index < -0.39 is 6.04 Å². The average Bonchev–Trinajstić information content (AvgIpc) is 3.31. The molecule has 1 aliphatic rings. The highest BCUT2D eigenvalue weighted by Gasteiger charge is 2.31. The summed E-state index contributed by atoms with van der Waals surface area (Å²) in [4.78, 5) is 28.4. The molecule has 3 rings (SSSR count). The smallest absolute Gasteiger partial charge is 0.261 e. The molecule has 6 heteroatoms. The van der Waals surface area contributed by atoms with Crippen LogP contribution in [0.4, 0.5) is 0 Å². The quantitative estimate of drug-likeness (QED) is 0.483. The normalized spacial score (nSPS) is 15.1. The Morgan fingerprint density at radius 2 is 1.74 bits per heavy atom. The number of hydrogen-bond donors (Lipinski definition) is 1. The summed E-state index contributed by atoms with van der Waals surface area (Å²) in [5, 5.41) is 3.74. The predicted octanol–water partition coefficient (Wildman–Crippen LogP) is 5.88. The van der Waals surface area contributed by atoms with Crippen molar-refractivity contribution in [3.63, 3.8) is 0 Å². The summed E-state index contributed by atoms with van der Waals surface area (Å²) in [7, 11) is 0. The zero-order chi connectivity index (χ0) is 24.7. The first kappa shape index (κ1) is 26.1. The van der Waals surface area contributed by atoms with E-state index in [0.717, 1.165) is 36.8 Å². The molecule has 2 aromatic carbocycles. The van der Waals surface area contributed by atoms with Gasteiger partial charge in [0.1, 0.15) is 11.8 Å². The molecule has 34 heavy (non-hydrogen) atoms. The van der Waals surface area contributed by atoms with Crippen LogP contribution < -0.4 is 10.1 Å². The molecular formula is C28H37ClN2O3. The van der Waals surface area contributed by atoms with Crippen molar-refractivity contribution in [1.29, 1.82) is 0 Å². The summed E-state index contributed by atoms with van der Waals surface area (Å²) in [5.74, 6) is 0.339. The van der Waals surface area contributed by atoms with Gasteiger partial charge >= 0.3 is 0 Å². The Morgan fingerprint density at radius 1 is 1.09 bits per heavy atom. The Morgan fingerprint density at radius 3 is 2.38 bits per heavy atom. The third-order valence-electron chi connectivity index (χ3n) is 6.43. The minimum Gasteiger partial charge on any atom is -0.483 e. The molecule has 184 valence electrons. The van der Waals surface area contributed by atoms with Crippen LogP contribution in [-0.2, 0) is 21.5 Å². The second-order valence-corrected chi connectivity index (χ2v) is 10.5.